The van der Waals surface area contributed by atoms with E-state index in [1.165, 1.54) is 17.7 Å². The quantitative estimate of drug-likeness (QED) is 0.783. The highest BCUT2D eigenvalue weighted by Crippen LogP contribution is 2.34. The highest BCUT2D eigenvalue weighted by Gasteiger charge is 2.38. The first-order chi connectivity index (χ1) is 8.79. The minimum atomic E-state index is 0.198. The molecule has 0 aromatic heterocycles. The Kier molecular flexibility index (Phi) is 3.41. The molecule has 3 unspecified atom stereocenters. The van der Waals surface area contributed by atoms with Gasteiger partial charge in [-0.2, -0.15) is 0 Å². The van der Waals surface area contributed by atoms with E-state index >= 15 is 0 Å². The zero-order valence-corrected chi connectivity index (χ0v) is 11.3. The fourth-order valence-corrected chi connectivity index (χ4v) is 3.10. The summed E-state index contributed by atoms with van der Waals surface area (Å²) >= 11 is 0. The average Bonchev–Trinajstić information content (AvgIpc) is 2.73. The van der Waals surface area contributed by atoms with Crippen LogP contribution in [0, 0.1) is 5.92 Å². The van der Waals surface area contributed by atoms with Crippen molar-refractivity contribution in [2.75, 3.05) is 26.2 Å². The molecule has 4 heteroatoms. The van der Waals surface area contributed by atoms with Crippen LogP contribution in [0.15, 0.2) is 23.4 Å². The average molecular weight is 249 g/mol. The Morgan fingerprint density at radius 1 is 1.56 bits per heavy atom. The molecular formula is C14H23N3O. The summed E-state index contributed by atoms with van der Waals surface area (Å²) < 4.78 is 5.93. The molecule has 3 atom stereocenters. The summed E-state index contributed by atoms with van der Waals surface area (Å²) in [5.41, 5.74) is 6.43. The van der Waals surface area contributed by atoms with E-state index in [0.29, 0.717) is 12.0 Å². The van der Waals surface area contributed by atoms with Gasteiger partial charge in [0.2, 0.25) is 0 Å². The second-order valence-corrected chi connectivity index (χ2v) is 5.41. The SMILES string of the molecule is CCNCC1OCCN2NC3CC(C)C=CC3=C12. The molecule has 2 heterocycles. The normalized spacial score (nSPS) is 34.8. The van der Waals surface area contributed by atoms with Crippen molar-refractivity contribution >= 4 is 0 Å². The van der Waals surface area contributed by atoms with E-state index in [-0.39, 0.29) is 6.10 Å². The van der Waals surface area contributed by atoms with Gasteiger partial charge in [0.15, 0.2) is 0 Å². The monoisotopic (exact) mass is 249 g/mol. The molecule has 1 aliphatic carbocycles. The Hall–Kier alpha value is -0.840. The number of hydrogen-bond acceptors (Lipinski definition) is 4. The van der Waals surface area contributed by atoms with E-state index in [1.807, 2.05) is 0 Å². The summed E-state index contributed by atoms with van der Waals surface area (Å²) in [6.45, 7) is 8.09. The Balaban J connectivity index is 1.85. The lowest BCUT2D eigenvalue weighted by atomic mass is 9.88. The summed E-state index contributed by atoms with van der Waals surface area (Å²) in [6, 6.07) is 0.492. The van der Waals surface area contributed by atoms with Crippen LogP contribution in [-0.4, -0.2) is 43.4 Å². The zero-order valence-electron chi connectivity index (χ0n) is 11.3. The van der Waals surface area contributed by atoms with Crippen LogP contribution in [-0.2, 0) is 4.74 Å². The maximum atomic E-state index is 5.93. The number of hydrazine groups is 1. The Bertz CT molecular complexity index is 377. The fourth-order valence-electron chi connectivity index (χ4n) is 3.10. The van der Waals surface area contributed by atoms with Crippen molar-refractivity contribution < 1.29 is 4.74 Å². The van der Waals surface area contributed by atoms with E-state index in [0.717, 1.165) is 26.2 Å². The van der Waals surface area contributed by atoms with Crippen LogP contribution >= 0.6 is 0 Å². The van der Waals surface area contributed by atoms with Gasteiger partial charge in [-0.15, -0.1) is 0 Å². The van der Waals surface area contributed by atoms with Gasteiger partial charge in [-0.1, -0.05) is 26.0 Å². The lowest BCUT2D eigenvalue weighted by Crippen LogP contribution is -2.48. The minimum Gasteiger partial charge on any atom is -0.369 e. The smallest absolute Gasteiger partial charge is 0.111 e. The number of hydrogen-bond donors (Lipinski definition) is 2. The van der Waals surface area contributed by atoms with E-state index in [2.05, 4.69) is 41.8 Å². The predicted octanol–water partition coefficient (Wildman–Crippen LogP) is 1.03. The number of morpholine rings is 1. The van der Waals surface area contributed by atoms with Gasteiger partial charge in [-0.25, -0.2) is 5.43 Å². The molecule has 0 saturated carbocycles. The fraction of sp³-hybridized carbons (Fsp3) is 0.714. The molecule has 0 radical (unpaired) electrons. The van der Waals surface area contributed by atoms with Crippen LogP contribution in [0.4, 0.5) is 0 Å². The molecule has 1 saturated heterocycles. The third-order valence-corrected chi connectivity index (χ3v) is 4.00. The van der Waals surface area contributed by atoms with Crippen molar-refractivity contribution in [3.8, 4) is 0 Å². The third-order valence-electron chi connectivity index (χ3n) is 4.00. The van der Waals surface area contributed by atoms with Crippen molar-refractivity contribution in [1.29, 1.82) is 0 Å². The Morgan fingerprint density at radius 2 is 2.44 bits per heavy atom. The minimum absolute atomic E-state index is 0.198. The largest absolute Gasteiger partial charge is 0.369 e. The number of ether oxygens (including phenoxy) is 1. The second kappa shape index (κ2) is 5.03. The van der Waals surface area contributed by atoms with Crippen LogP contribution in [0.3, 0.4) is 0 Å². The number of allylic oxidation sites excluding steroid dienone is 1. The molecule has 1 fully saturated rings. The first-order valence-corrected chi connectivity index (χ1v) is 7.08. The summed E-state index contributed by atoms with van der Waals surface area (Å²) in [7, 11) is 0. The first-order valence-electron chi connectivity index (χ1n) is 7.08. The molecule has 0 spiro atoms. The highest BCUT2D eigenvalue weighted by molar-refractivity contribution is 5.39. The van der Waals surface area contributed by atoms with Crippen molar-refractivity contribution in [2.24, 2.45) is 5.92 Å². The van der Waals surface area contributed by atoms with Gasteiger partial charge in [0.05, 0.1) is 24.9 Å². The number of nitrogens with one attached hydrogen (secondary N) is 2. The van der Waals surface area contributed by atoms with E-state index in [4.69, 9.17) is 4.74 Å². The summed E-state index contributed by atoms with van der Waals surface area (Å²) in [4.78, 5) is 0. The topological polar surface area (TPSA) is 36.5 Å². The van der Waals surface area contributed by atoms with Gasteiger partial charge in [0.25, 0.3) is 0 Å². The van der Waals surface area contributed by atoms with Crippen LogP contribution in [0.2, 0.25) is 0 Å². The number of rotatable bonds is 3. The summed E-state index contributed by atoms with van der Waals surface area (Å²) in [5, 5.41) is 5.71. The zero-order chi connectivity index (χ0) is 12.5. The molecule has 0 aromatic rings. The maximum absolute atomic E-state index is 5.93. The maximum Gasteiger partial charge on any atom is 0.111 e. The molecule has 0 amide bonds. The van der Waals surface area contributed by atoms with Crippen molar-refractivity contribution in [3.05, 3.63) is 23.4 Å². The second-order valence-electron chi connectivity index (χ2n) is 5.41. The van der Waals surface area contributed by atoms with Gasteiger partial charge >= 0.3 is 0 Å². The molecule has 0 aromatic carbocycles. The lowest BCUT2D eigenvalue weighted by Gasteiger charge is -2.34. The van der Waals surface area contributed by atoms with Gasteiger partial charge in [0.1, 0.15) is 6.10 Å². The Labute approximate surface area is 109 Å². The molecule has 0 bridgehead atoms. The number of likely N-dealkylation sites (N-methyl/N-ethyl adjacent to an activating group) is 1. The summed E-state index contributed by atoms with van der Waals surface area (Å²) in [5.74, 6) is 0.668. The molecule has 2 aliphatic heterocycles. The molecule has 100 valence electrons. The van der Waals surface area contributed by atoms with Crippen molar-refractivity contribution in [3.63, 3.8) is 0 Å². The van der Waals surface area contributed by atoms with Crippen molar-refractivity contribution in [2.45, 2.75) is 32.4 Å². The van der Waals surface area contributed by atoms with Crippen LogP contribution in [0.25, 0.3) is 0 Å². The molecular weight excluding hydrogens is 226 g/mol. The van der Waals surface area contributed by atoms with Crippen LogP contribution < -0.4 is 10.7 Å². The van der Waals surface area contributed by atoms with Gasteiger partial charge in [-0.05, 0) is 24.5 Å². The molecule has 4 nitrogen and oxygen atoms in total. The predicted molar refractivity (Wildman–Crippen MR) is 71.9 cm³/mol. The van der Waals surface area contributed by atoms with Gasteiger partial charge in [0, 0.05) is 6.54 Å². The standard InChI is InChI=1S/C14H23N3O/c1-3-15-9-13-14-11-5-4-10(2)8-12(11)16-17(14)6-7-18-13/h4-5,10,12-13,15-16H,3,6-9H2,1-2H3. The number of fused-ring (bicyclic) bond motifs is 2. The molecule has 3 aliphatic rings. The Morgan fingerprint density at radius 3 is 3.28 bits per heavy atom. The molecule has 3 rings (SSSR count). The molecule has 18 heavy (non-hydrogen) atoms. The van der Waals surface area contributed by atoms with E-state index in [9.17, 15) is 0 Å². The van der Waals surface area contributed by atoms with E-state index in [1.54, 1.807) is 0 Å². The van der Waals surface area contributed by atoms with Crippen molar-refractivity contribution in [1.82, 2.24) is 15.8 Å². The van der Waals surface area contributed by atoms with Crippen LogP contribution in [0.5, 0.6) is 0 Å². The molecule has 2 N–H and O–H groups in total. The lowest BCUT2D eigenvalue weighted by molar-refractivity contribution is -0.00255. The van der Waals surface area contributed by atoms with Crippen LogP contribution in [0.1, 0.15) is 20.3 Å². The van der Waals surface area contributed by atoms with Gasteiger partial charge < -0.3 is 15.1 Å². The summed E-state index contributed by atoms with van der Waals surface area (Å²) in [6.07, 6.45) is 6.02. The third kappa shape index (κ3) is 2.09. The first kappa shape index (κ1) is 12.2. The van der Waals surface area contributed by atoms with E-state index < -0.39 is 0 Å². The highest BCUT2D eigenvalue weighted by atomic mass is 16.5. The number of nitrogens with zero attached hydrogens (tertiary/aromatic N) is 1. The van der Waals surface area contributed by atoms with Gasteiger partial charge in [-0.3, -0.25) is 0 Å².